The van der Waals surface area contributed by atoms with Crippen LogP contribution >= 0.6 is 0 Å². The highest BCUT2D eigenvalue weighted by Crippen LogP contribution is 2.55. The van der Waals surface area contributed by atoms with Crippen LogP contribution in [0.25, 0.3) is 78.0 Å². The molecule has 0 N–H and O–H groups in total. The van der Waals surface area contributed by atoms with E-state index >= 15 is 0 Å². The molecule has 256 valence electrons. The summed E-state index contributed by atoms with van der Waals surface area (Å²) in [6.07, 6.45) is -2.65. The van der Waals surface area contributed by atoms with Gasteiger partial charge in [0.2, 0.25) is 0 Å². The third-order valence-corrected chi connectivity index (χ3v) is 9.56. The number of aromatic nitrogens is 1. The summed E-state index contributed by atoms with van der Waals surface area (Å²) in [5.41, 5.74) is 13.2. The lowest BCUT2D eigenvalue weighted by Crippen LogP contribution is -2.05. The van der Waals surface area contributed by atoms with Crippen molar-refractivity contribution in [2.45, 2.75) is 13.1 Å². The number of nitrogens with zero attached hydrogens (tertiary/aromatic N) is 1. The predicted octanol–water partition coefficient (Wildman–Crippen LogP) is 14.1. The van der Waals surface area contributed by atoms with Crippen LogP contribution in [0, 0.1) is 6.92 Å². The monoisotopic (exact) mass is 693 g/mol. The van der Waals surface area contributed by atoms with Crippen LogP contribution in [0.3, 0.4) is 0 Å². The van der Waals surface area contributed by atoms with Crippen molar-refractivity contribution < 1.29 is 13.2 Å². The molecular weight excluding hydrogens is 660 g/mol. The van der Waals surface area contributed by atoms with Crippen LogP contribution in [-0.4, -0.2) is 4.98 Å². The molecule has 0 saturated carbocycles. The molecule has 8 rings (SSSR count). The molecule has 0 bridgehead atoms. The standard InChI is InChI=1S/C49H34F3N/c1-33-29-40(31-41(30-33)49(50,51)52)42-28-27-39(32-53-42)48-46(37-23-13-5-14-24-37)44(35-19-9-3-10-20-35)43(34-17-7-2-8-18-34)45(36-21-11-4-12-22-36)47(48)38-25-15-6-16-26-38/h2-32H,1H3. The first-order valence-corrected chi connectivity index (χ1v) is 17.5. The van der Waals surface area contributed by atoms with Crippen molar-refractivity contribution in [1.29, 1.82) is 0 Å². The van der Waals surface area contributed by atoms with Gasteiger partial charge in [-0.3, -0.25) is 4.98 Å². The van der Waals surface area contributed by atoms with E-state index in [1.54, 1.807) is 13.0 Å². The van der Waals surface area contributed by atoms with Gasteiger partial charge in [-0.15, -0.1) is 0 Å². The molecule has 0 spiro atoms. The van der Waals surface area contributed by atoms with Crippen LogP contribution in [0.15, 0.2) is 188 Å². The number of alkyl halides is 3. The van der Waals surface area contributed by atoms with Crippen LogP contribution in [0.5, 0.6) is 0 Å². The number of aryl methyl sites for hydroxylation is 1. The van der Waals surface area contributed by atoms with E-state index < -0.39 is 11.7 Å². The maximum atomic E-state index is 13.9. The molecule has 0 aliphatic rings. The number of pyridine rings is 1. The van der Waals surface area contributed by atoms with Crippen molar-refractivity contribution in [3.05, 3.63) is 199 Å². The van der Waals surface area contributed by atoms with Gasteiger partial charge in [0.05, 0.1) is 11.3 Å². The molecule has 0 saturated heterocycles. The lowest BCUT2D eigenvalue weighted by molar-refractivity contribution is -0.137. The van der Waals surface area contributed by atoms with Crippen molar-refractivity contribution in [2.24, 2.45) is 0 Å². The second-order valence-corrected chi connectivity index (χ2v) is 13.1. The zero-order chi connectivity index (χ0) is 36.4. The summed E-state index contributed by atoms with van der Waals surface area (Å²) in [5, 5.41) is 0. The Morgan fingerprint density at radius 3 is 1.00 bits per heavy atom. The fraction of sp³-hybridized carbons (Fsp3) is 0.0408. The molecule has 0 aliphatic carbocycles. The van der Waals surface area contributed by atoms with E-state index in [4.69, 9.17) is 4.98 Å². The van der Waals surface area contributed by atoms with Gasteiger partial charge in [0.15, 0.2) is 0 Å². The largest absolute Gasteiger partial charge is 0.416 e. The molecule has 7 aromatic carbocycles. The van der Waals surface area contributed by atoms with Crippen molar-refractivity contribution in [3.8, 4) is 78.0 Å². The minimum atomic E-state index is -4.46. The number of benzene rings is 7. The zero-order valence-corrected chi connectivity index (χ0v) is 29.0. The molecule has 1 heterocycles. The van der Waals surface area contributed by atoms with Gasteiger partial charge in [-0.2, -0.15) is 13.2 Å². The first-order valence-electron chi connectivity index (χ1n) is 17.5. The molecule has 53 heavy (non-hydrogen) atoms. The maximum absolute atomic E-state index is 13.9. The Bertz CT molecular complexity index is 2390. The molecule has 1 nitrogen and oxygen atoms in total. The lowest BCUT2D eigenvalue weighted by Gasteiger charge is -2.28. The smallest absolute Gasteiger partial charge is 0.256 e. The number of rotatable bonds is 7. The van der Waals surface area contributed by atoms with Crippen LogP contribution in [0.1, 0.15) is 11.1 Å². The van der Waals surface area contributed by atoms with Crippen molar-refractivity contribution in [3.63, 3.8) is 0 Å². The molecule has 0 radical (unpaired) electrons. The highest BCUT2D eigenvalue weighted by molar-refractivity contribution is 6.15. The van der Waals surface area contributed by atoms with Gasteiger partial charge >= 0.3 is 6.18 Å². The summed E-state index contributed by atoms with van der Waals surface area (Å²) in [6.45, 7) is 1.68. The number of hydrogen-bond acceptors (Lipinski definition) is 1. The topological polar surface area (TPSA) is 12.9 Å². The third kappa shape index (κ3) is 6.68. The van der Waals surface area contributed by atoms with E-state index in [0.29, 0.717) is 16.8 Å². The zero-order valence-electron chi connectivity index (χ0n) is 29.0. The van der Waals surface area contributed by atoms with Crippen molar-refractivity contribution in [2.75, 3.05) is 0 Å². The van der Waals surface area contributed by atoms with Gasteiger partial charge in [0, 0.05) is 22.9 Å². The Kier molecular flexibility index (Phi) is 9.03. The first kappa shape index (κ1) is 33.6. The van der Waals surface area contributed by atoms with Gasteiger partial charge < -0.3 is 0 Å². The van der Waals surface area contributed by atoms with Gasteiger partial charge in [0.25, 0.3) is 0 Å². The molecule has 4 heteroatoms. The summed E-state index contributed by atoms with van der Waals surface area (Å²) in [6, 6.07) is 60.3. The fourth-order valence-electron chi connectivity index (χ4n) is 7.31. The SMILES string of the molecule is Cc1cc(-c2ccc(-c3c(-c4ccccc4)c(-c4ccccc4)c(-c4ccccc4)c(-c4ccccc4)c3-c3ccccc3)cn2)cc(C(F)(F)F)c1. The fourth-order valence-corrected chi connectivity index (χ4v) is 7.31. The molecule has 0 aliphatic heterocycles. The Morgan fingerprint density at radius 2 is 0.698 bits per heavy atom. The summed E-state index contributed by atoms with van der Waals surface area (Å²) < 4.78 is 41.6. The van der Waals surface area contributed by atoms with Gasteiger partial charge in [0.1, 0.15) is 0 Å². The van der Waals surface area contributed by atoms with Crippen LogP contribution < -0.4 is 0 Å². The second kappa shape index (κ2) is 14.2. The predicted molar refractivity (Wildman–Crippen MR) is 212 cm³/mol. The summed E-state index contributed by atoms with van der Waals surface area (Å²) in [7, 11) is 0. The number of halogens is 3. The van der Waals surface area contributed by atoms with Crippen molar-refractivity contribution >= 4 is 0 Å². The molecule has 0 fully saturated rings. The molecule has 1 aromatic heterocycles. The average Bonchev–Trinajstić information content (AvgIpc) is 3.21. The maximum Gasteiger partial charge on any atom is 0.416 e. The van der Waals surface area contributed by atoms with E-state index in [9.17, 15) is 13.2 Å². The van der Waals surface area contributed by atoms with E-state index in [1.165, 1.54) is 12.1 Å². The van der Waals surface area contributed by atoms with Gasteiger partial charge in [-0.25, -0.2) is 0 Å². The third-order valence-electron chi connectivity index (χ3n) is 9.56. The van der Waals surface area contributed by atoms with E-state index in [0.717, 1.165) is 66.8 Å². The summed E-state index contributed by atoms with van der Waals surface area (Å²) >= 11 is 0. The Morgan fingerprint density at radius 1 is 0.358 bits per heavy atom. The van der Waals surface area contributed by atoms with Crippen LogP contribution in [0.4, 0.5) is 13.2 Å². The highest BCUT2D eigenvalue weighted by Gasteiger charge is 2.32. The molecule has 0 unspecified atom stereocenters. The van der Waals surface area contributed by atoms with E-state index in [2.05, 4.69) is 121 Å². The molecule has 8 aromatic rings. The summed E-state index contributed by atoms with van der Waals surface area (Å²) in [5.74, 6) is 0. The molecule has 0 amide bonds. The molecule has 0 atom stereocenters. The summed E-state index contributed by atoms with van der Waals surface area (Å²) in [4.78, 5) is 4.88. The van der Waals surface area contributed by atoms with E-state index in [-0.39, 0.29) is 0 Å². The minimum absolute atomic E-state index is 0.421. The second-order valence-electron chi connectivity index (χ2n) is 13.1. The Hall–Kier alpha value is -6.52. The highest BCUT2D eigenvalue weighted by atomic mass is 19.4. The Balaban J connectivity index is 1.55. The van der Waals surface area contributed by atoms with Gasteiger partial charge in [-0.05, 0) is 92.4 Å². The lowest BCUT2D eigenvalue weighted by atomic mass is 9.74. The first-order chi connectivity index (χ1) is 25.9. The minimum Gasteiger partial charge on any atom is -0.256 e. The molecular formula is C49H34F3N. The van der Waals surface area contributed by atoms with Crippen LogP contribution in [-0.2, 0) is 6.18 Å². The number of hydrogen-bond donors (Lipinski definition) is 0. The Labute approximate surface area is 307 Å². The van der Waals surface area contributed by atoms with Crippen molar-refractivity contribution in [1.82, 2.24) is 4.98 Å². The quantitative estimate of drug-likeness (QED) is 0.162. The average molecular weight is 694 g/mol. The normalized spacial score (nSPS) is 11.4. The van der Waals surface area contributed by atoms with Crippen LogP contribution in [0.2, 0.25) is 0 Å². The van der Waals surface area contributed by atoms with E-state index in [1.807, 2.05) is 48.7 Å². The van der Waals surface area contributed by atoms with Gasteiger partial charge in [-0.1, -0.05) is 158 Å².